The molecule has 2 rings (SSSR count). The number of halogens is 1. The molecule has 0 fully saturated rings. The summed E-state index contributed by atoms with van der Waals surface area (Å²) in [6.45, 7) is 1.76. The lowest BCUT2D eigenvalue weighted by molar-refractivity contribution is 0.0993. The summed E-state index contributed by atoms with van der Waals surface area (Å²) in [5, 5.41) is 0. The van der Waals surface area contributed by atoms with Crippen molar-refractivity contribution in [3.8, 4) is 0 Å². The van der Waals surface area contributed by atoms with Crippen molar-refractivity contribution in [1.29, 1.82) is 0 Å². The van der Waals surface area contributed by atoms with Crippen LogP contribution in [0.2, 0.25) is 0 Å². The Kier molecular flexibility index (Phi) is 3.95. The largest absolute Gasteiger partial charge is 0.311 e. The quantitative estimate of drug-likeness (QED) is 0.664. The lowest BCUT2D eigenvalue weighted by Crippen LogP contribution is -2.26. The summed E-state index contributed by atoms with van der Waals surface area (Å²) in [6.07, 6.45) is 0. The molecule has 3 N–H and O–H groups in total. The number of hydrazine groups is 1. The van der Waals surface area contributed by atoms with E-state index in [1.165, 1.54) is 17.0 Å². The van der Waals surface area contributed by atoms with Gasteiger partial charge in [-0.15, -0.1) is 0 Å². The topological polar surface area (TPSA) is 71.2 Å². The Balaban J connectivity index is 2.33. The van der Waals surface area contributed by atoms with E-state index in [2.05, 4.69) is 10.4 Å². The molecule has 0 bridgehead atoms. The van der Waals surface area contributed by atoms with Gasteiger partial charge in [0.25, 0.3) is 5.91 Å². The Hall–Kier alpha value is -2.47. The van der Waals surface area contributed by atoms with E-state index < -0.39 is 5.82 Å². The molecule has 1 aromatic carbocycles. The Morgan fingerprint density at radius 1 is 1.35 bits per heavy atom. The van der Waals surface area contributed by atoms with Crippen molar-refractivity contribution in [2.45, 2.75) is 6.92 Å². The number of benzene rings is 1. The number of hydrogen-bond acceptors (Lipinski definition) is 4. The van der Waals surface area contributed by atoms with Crippen molar-refractivity contribution >= 4 is 17.4 Å². The molecule has 1 amide bonds. The summed E-state index contributed by atoms with van der Waals surface area (Å²) < 4.78 is 13.2. The van der Waals surface area contributed by atoms with Crippen LogP contribution in [0.1, 0.15) is 16.1 Å². The number of hydrogen-bond donors (Lipinski definition) is 2. The number of anilines is 2. The summed E-state index contributed by atoms with van der Waals surface area (Å²) in [6, 6.07) is 9.04. The third-order valence-electron chi connectivity index (χ3n) is 2.85. The van der Waals surface area contributed by atoms with Crippen molar-refractivity contribution in [2.24, 2.45) is 5.84 Å². The van der Waals surface area contributed by atoms with E-state index >= 15 is 0 Å². The van der Waals surface area contributed by atoms with E-state index in [0.29, 0.717) is 22.8 Å². The number of pyridine rings is 1. The van der Waals surface area contributed by atoms with Crippen LogP contribution < -0.4 is 16.2 Å². The average Bonchev–Trinajstić information content (AvgIpc) is 2.45. The van der Waals surface area contributed by atoms with Gasteiger partial charge in [0, 0.05) is 24.0 Å². The van der Waals surface area contributed by atoms with Crippen LogP contribution in [0.25, 0.3) is 0 Å². The Bertz CT molecular complexity index is 645. The predicted molar refractivity (Wildman–Crippen MR) is 75.9 cm³/mol. The number of rotatable bonds is 3. The molecule has 0 aliphatic heterocycles. The minimum Gasteiger partial charge on any atom is -0.311 e. The first kappa shape index (κ1) is 14.0. The molecule has 0 unspecified atom stereocenters. The smallest absolute Gasteiger partial charge is 0.258 e. The normalized spacial score (nSPS) is 10.2. The molecule has 1 heterocycles. The second kappa shape index (κ2) is 5.66. The molecule has 0 saturated heterocycles. The highest BCUT2D eigenvalue weighted by Gasteiger charge is 2.15. The van der Waals surface area contributed by atoms with E-state index in [-0.39, 0.29) is 5.91 Å². The lowest BCUT2D eigenvalue weighted by Gasteiger charge is -2.18. The van der Waals surface area contributed by atoms with E-state index in [1.54, 1.807) is 38.2 Å². The number of aromatic nitrogens is 1. The van der Waals surface area contributed by atoms with E-state index in [1.807, 2.05) is 0 Å². The maximum Gasteiger partial charge on any atom is 0.258 e. The first-order chi connectivity index (χ1) is 9.51. The third-order valence-corrected chi connectivity index (χ3v) is 2.85. The van der Waals surface area contributed by atoms with Crippen molar-refractivity contribution in [1.82, 2.24) is 4.98 Å². The maximum absolute atomic E-state index is 13.2. The summed E-state index contributed by atoms with van der Waals surface area (Å²) in [4.78, 5) is 17.9. The Morgan fingerprint density at radius 3 is 2.75 bits per heavy atom. The maximum atomic E-state index is 13.2. The Labute approximate surface area is 116 Å². The number of nitrogens with two attached hydrogens (primary N) is 1. The molecule has 0 spiro atoms. The van der Waals surface area contributed by atoms with Gasteiger partial charge in [-0.2, -0.15) is 0 Å². The van der Waals surface area contributed by atoms with Gasteiger partial charge in [0.05, 0.1) is 0 Å². The molecule has 104 valence electrons. The van der Waals surface area contributed by atoms with Crippen molar-refractivity contribution < 1.29 is 9.18 Å². The molecule has 0 saturated carbocycles. The van der Waals surface area contributed by atoms with Gasteiger partial charge in [0.2, 0.25) is 0 Å². The SMILES string of the molecule is Cc1cc(C(=O)N(C)c2cccc(F)c2)cc(NN)n1. The van der Waals surface area contributed by atoms with Crippen LogP contribution in [0.15, 0.2) is 36.4 Å². The molecule has 20 heavy (non-hydrogen) atoms. The number of amides is 1. The number of aryl methyl sites for hydroxylation is 1. The zero-order chi connectivity index (χ0) is 14.7. The van der Waals surface area contributed by atoms with E-state index in [9.17, 15) is 9.18 Å². The van der Waals surface area contributed by atoms with Crippen molar-refractivity contribution in [3.05, 3.63) is 53.5 Å². The number of nitrogen functional groups attached to an aromatic ring is 1. The molecule has 0 aliphatic carbocycles. The van der Waals surface area contributed by atoms with Gasteiger partial charge in [-0.1, -0.05) is 6.07 Å². The molecule has 5 nitrogen and oxygen atoms in total. The first-order valence-corrected chi connectivity index (χ1v) is 6.00. The number of carbonyl (C=O) groups excluding carboxylic acids is 1. The highest BCUT2D eigenvalue weighted by atomic mass is 19.1. The fraction of sp³-hybridized carbons (Fsp3) is 0.143. The van der Waals surface area contributed by atoms with Crippen LogP contribution in [-0.2, 0) is 0 Å². The van der Waals surface area contributed by atoms with Crippen LogP contribution in [0.4, 0.5) is 15.9 Å². The third kappa shape index (κ3) is 2.92. The second-order valence-corrected chi connectivity index (χ2v) is 4.37. The van der Waals surface area contributed by atoms with Crippen LogP contribution in [0.3, 0.4) is 0 Å². The van der Waals surface area contributed by atoms with Crippen LogP contribution in [0, 0.1) is 12.7 Å². The van der Waals surface area contributed by atoms with Gasteiger partial charge in [-0.25, -0.2) is 15.2 Å². The summed E-state index contributed by atoms with van der Waals surface area (Å²) in [5.41, 5.74) is 3.98. The monoisotopic (exact) mass is 274 g/mol. The van der Waals surface area contributed by atoms with Gasteiger partial charge in [0.1, 0.15) is 11.6 Å². The highest BCUT2D eigenvalue weighted by Crippen LogP contribution is 2.18. The first-order valence-electron chi connectivity index (χ1n) is 6.00. The van der Waals surface area contributed by atoms with Crippen molar-refractivity contribution in [2.75, 3.05) is 17.4 Å². The summed E-state index contributed by atoms with van der Waals surface area (Å²) >= 11 is 0. The fourth-order valence-corrected chi connectivity index (χ4v) is 1.86. The predicted octanol–water partition coefficient (Wildman–Crippen LogP) is 2.09. The van der Waals surface area contributed by atoms with Gasteiger partial charge >= 0.3 is 0 Å². The van der Waals surface area contributed by atoms with E-state index in [4.69, 9.17) is 5.84 Å². The molecule has 0 aliphatic rings. The summed E-state index contributed by atoms with van der Waals surface area (Å²) in [5.74, 6) is 5.05. The number of nitrogens with one attached hydrogen (secondary N) is 1. The molecule has 2 aromatic rings. The molecule has 1 aromatic heterocycles. The molecule has 0 radical (unpaired) electrons. The van der Waals surface area contributed by atoms with Gasteiger partial charge < -0.3 is 10.3 Å². The Morgan fingerprint density at radius 2 is 2.10 bits per heavy atom. The molecular formula is C14H15FN4O. The minimum absolute atomic E-state index is 0.266. The van der Waals surface area contributed by atoms with E-state index in [0.717, 1.165) is 0 Å². The standard InChI is InChI=1S/C14H15FN4O/c1-9-6-10(7-13(17-9)18-16)14(20)19(2)12-5-3-4-11(15)8-12/h3-8H,16H2,1-2H3,(H,17,18). The van der Waals surface area contributed by atoms with Gasteiger partial charge in [0.15, 0.2) is 0 Å². The molecular weight excluding hydrogens is 259 g/mol. The highest BCUT2D eigenvalue weighted by molar-refractivity contribution is 6.06. The van der Waals surface area contributed by atoms with Crippen LogP contribution in [0.5, 0.6) is 0 Å². The molecule has 6 heteroatoms. The zero-order valence-electron chi connectivity index (χ0n) is 11.2. The van der Waals surface area contributed by atoms with Crippen LogP contribution >= 0.6 is 0 Å². The second-order valence-electron chi connectivity index (χ2n) is 4.37. The van der Waals surface area contributed by atoms with Crippen LogP contribution in [-0.4, -0.2) is 17.9 Å². The number of carbonyl (C=O) groups is 1. The lowest BCUT2D eigenvalue weighted by atomic mass is 10.2. The van der Waals surface area contributed by atoms with Gasteiger partial charge in [-0.05, 0) is 37.3 Å². The fourth-order valence-electron chi connectivity index (χ4n) is 1.86. The minimum atomic E-state index is -0.391. The van der Waals surface area contributed by atoms with Gasteiger partial charge in [-0.3, -0.25) is 4.79 Å². The molecule has 0 atom stereocenters. The summed E-state index contributed by atoms with van der Waals surface area (Å²) in [7, 11) is 1.59. The zero-order valence-corrected chi connectivity index (χ0v) is 11.2. The van der Waals surface area contributed by atoms with Crippen molar-refractivity contribution in [3.63, 3.8) is 0 Å². The average molecular weight is 274 g/mol. The number of nitrogens with zero attached hydrogens (tertiary/aromatic N) is 2.